The van der Waals surface area contributed by atoms with Crippen LogP contribution in [0.2, 0.25) is 0 Å². The first kappa shape index (κ1) is 13.9. The van der Waals surface area contributed by atoms with Gasteiger partial charge in [0.25, 0.3) is 0 Å². The van der Waals surface area contributed by atoms with Gasteiger partial charge in [-0.1, -0.05) is 6.07 Å². The van der Waals surface area contributed by atoms with Crippen LogP contribution in [0.5, 0.6) is 5.75 Å². The van der Waals surface area contributed by atoms with Crippen molar-refractivity contribution in [3.05, 3.63) is 58.9 Å². The Morgan fingerprint density at radius 1 is 1.25 bits per heavy atom. The fourth-order valence-corrected chi connectivity index (χ4v) is 1.94. The molecule has 20 heavy (non-hydrogen) atoms. The molecule has 2 aromatic rings. The molecular formula is C16H15FN2O. The molecule has 0 aliphatic carbocycles. The summed E-state index contributed by atoms with van der Waals surface area (Å²) in [6, 6.07) is 12.3. The highest BCUT2D eigenvalue weighted by Gasteiger charge is 2.06. The minimum atomic E-state index is -0.291. The summed E-state index contributed by atoms with van der Waals surface area (Å²) in [5, 5.41) is 11.9. The van der Waals surface area contributed by atoms with Gasteiger partial charge in [0.15, 0.2) is 0 Å². The van der Waals surface area contributed by atoms with Crippen LogP contribution >= 0.6 is 0 Å². The number of hydrogen-bond acceptors (Lipinski definition) is 3. The summed E-state index contributed by atoms with van der Waals surface area (Å²) in [5.74, 6) is 0.379. The molecule has 2 rings (SSSR count). The lowest BCUT2D eigenvalue weighted by atomic mass is 10.1. The average molecular weight is 270 g/mol. The SMILES string of the molecule is COc1ccc(C#N)cc1CNc1ccc(C)cc1F. The van der Waals surface area contributed by atoms with E-state index in [4.69, 9.17) is 10.00 Å². The Labute approximate surface area is 117 Å². The summed E-state index contributed by atoms with van der Waals surface area (Å²) in [5.41, 5.74) is 2.66. The van der Waals surface area contributed by atoms with Gasteiger partial charge in [0.1, 0.15) is 11.6 Å². The Kier molecular flexibility index (Phi) is 4.21. The minimum Gasteiger partial charge on any atom is -0.496 e. The van der Waals surface area contributed by atoms with Crippen LogP contribution in [0.15, 0.2) is 36.4 Å². The number of benzene rings is 2. The van der Waals surface area contributed by atoms with Crippen molar-refractivity contribution >= 4 is 5.69 Å². The fraction of sp³-hybridized carbons (Fsp3) is 0.188. The molecule has 4 heteroatoms. The maximum absolute atomic E-state index is 13.7. The highest BCUT2D eigenvalue weighted by molar-refractivity contribution is 5.49. The molecule has 3 nitrogen and oxygen atoms in total. The van der Waals surface area contributed by atoms with Crippen LogP contribution in [0.25, 0.3) is 0 Å². The molecular weight excluding hydrogens is 255 g/mol. The third-order valence-corrected chi connectivity index (χ3v) is 3.00. The van der Waals surface area contributed by atoms with Crippen LogP contribution in [0.1, 0.15) is 16.7 Å². The van der Waals surface area contributed by atoms with Gasteiger partial charge in [-0.05, 0) is 42.8 Å². The summed E-state index contributed by atoms with van der Waals surface area (Å²) in [4.78, 5) is 0. The predicted octanol–water partition coefficient (Wildman–Crippen LogP) is 3.63. The third kappa shape index (κ3) is 3.07. The molecule has 0 saturated heterocycles. The molecule has 0 aliphatic rings. The number of hydrogen-bond donors (Lipinski definition) is 1. The summed E-state index contributed by atoms with van der Waals surface area (Å²) in [6.07, 6.45) is 0. The topological polar surface area (TPSA) is 45.0 Å². The van der Waals surface area contributed by atoms with Crippen LogP contribution in [0.4, 0.5) is 10.1 Å². The molecule has 0 aromatic heterocycles. The second-order valence-corrected chi connectivity index (χ2v) is 4.48. The highest BCUT2D eigenvalue weighted by Crippen LogP contribution is 2.22. The van der Waals surface area contributed by atoms with Gasteiger partial charge in [0.05, 0.1) is 24.4 Å². The average Bonchev–Trinajstić information content (AvgIpc) is 2.46. The predicted molar refractivity (Wildman–Crippen MR) is 76.2 cm³/mol. The molecule has 0 heterocycles. The molecule has 0 bridgehead atoms. The van der Waals surface area contributed by atoms with E-state index in [1.807, 2.05) is 13.0 Å². The van der Waals surface area contributed by atoms with Crippen molar-refractivity contribution in [1.29, 1.82) is 5.26 Å². The molecule has 0 spiro atoms. The Morgan fingerprint density at radius 2 is 2.05 bits per heavy atom. The van der Waals surface area contributed by atoms with Gasteiger partial charge in [-0.2, -0.15) is 5.26 Å². The number of anilines is 1. The molecule has 2 aromatic carbocycles. The number of rotatable bonds is 4. The number of aryl methyl sites for hydroxylation is 1. The molecule has 0 unspecified atom stereocenters. The number of nitrogens with zero attached hydrogens (tertiary/aromatic N) is 1. The van der Waals surface area contributed by atoms with Crippen molar-refractivity contribution in [2.45, 2.75) is 13.5 Å². The third-order valence-electron chi connectivity index (χ3n) is 3.00. The van der Waals surface area contributed by atoms with E-state index in [-0.39, 0.29) is 5.82 Å². The Morgan fingerprint density at radius 3 is 2.70 bits per heavy atom. The Hall–Kier alpha value is -2.54. The summed E-state index contributed by atoms with van der Waals surface area (Å²) < 4.78 is 19.0. The number of nitrogens with one attached hydrogen (secondary N) is 1. The van der Waals surface area contributed by atoms with Crippen molar-refractivity contribution in [3.8, 4) is 11.8 Å². The van der Waals surface area contributed by atoms with Crippen molar-refractivity contribution < 1.29 is 9.13 Å². The van der Waals surface area contributed by atoms with Crippen LogP contribution in [0, 0.1) is 24.1 Å². The van der Waals surface area contributed by atoms with E-state index in [1.165, 1.54) is 6.07 Å². The zero-order valence-corrected chi connectivity index (χ0v) is 11.4. The normalized spacial score (nSPS) is 9.90. The zero-order chi connectivity index (χ0) is 14.5. The largest absolute Gasteiger partial charge is 0.496 e. The first-order valence-corrected chi connectivity index (χ1v) is 6.21. The Balaban J connectivity index is 2.20. The van der Waals surface area contributed by atoms with E-state index in [2.05, 4.69) is 11.4 Å². The molecule has 0 aliphatic heterocycles. The summed E-state index contributed by atoms with van der Waals surface area (Å²) >= 11 is 0. The van der Waals surface area contributed by atoms with Crippen LogP contribution in [-0.2, 0) is 6.54 Å². The van der Waals surface area contributed by atoms with E-state index in [1.54, 1.807) is 31.4 Å². The van der Waals surface area contributed by atoms with Gasteiger partial charge < -0.3 is 10.1 Å². The maximum Gasteiger partial charge on any atom is 0.146 e. The highest BCUT2D eigenvalue weighted by atomic mass is 19.1. The monoisotopic (exact) mass is 270 g/mol. The van der Waals surface area contributed by atoms with Crippen molar-refractivity contribution in [1.82, 2.24) is 0 Å². The minimum absolute atomic E-state index is 0.291. The van der Waals surface area contributed by atoms with E-state index in [0.717, 1.165) is 11.1 Å². The molecule has 102 valence electrons. The molecule has 0 saturated carbocycles. The molecule has 0 atom stereocenters. The van der Waals surface area contributed by atoms with Gasteiger partial charge >= 0.3 is 0 Å². The first-order chi connectivity index (χ1) is 9.63. The van der Waals surface area contributed by atoms with Crippen LogP contribution in [-0.4, -0.2) is 7.11 Å². The summed E-state index contributed by atoms with van der Waals surface area (Å²) in [6.45, 7) is 2.23. The van der Waals surface area contributed by atoms with Crippen molar-refractivity contribution in [3.63, 3.8) is 0 Å². The lowest BCUT2D eigenvalue weighted by Crippen LogP contribution is -2.04. The number of nitriles is 1. The van der Waals surface area contributed by atoms with Crippen molar-refractivity contribution in [2.24, 2.45) is 0 Å². The molecule has 0 fully saturated rings. The van der Waals surface area contributed by atoms with Gasteiger partial charge in [-0.25, -0.2) is 4.39 Å². The first-order valence-electron chi connectivity index (χ1n) is 6.21. The van der Waals surface area contributed by atoms with Crippen LogP contribution in [0.3, 0.4) is 0 Å². The number of ether oxygens (including phenoxy) is 1. The number of halogens is 1. The van der Waals surface area contributed by atoms with E-state index < -0.39 is 0 Å². The van der Waals surface area contributed by atoms with Crippen molar-refractivity contribution in [2.75, 3.05) is 12.4 Å². The van der Waals surface area contributed by atoms with Crippen LogP contribution < -0.4 is 10.1 Å². The number of methoxy groups -OCH3 is 1. The molecule has 0 radical (unpaired) electrons. The fourth-order valence-electron chi connectivity index (χ4n) is 1.94. The maximum atomic E-state index is 13.7. The van der Waals surface area contributed by atoms with Gasteiger partial charge in [0.2, 0.25) is 0 Å². The second-order valence-electron chi connectivity index (χ2n) is 4.48. The summed E-state index contributed by atoms with van der Waals surface area (Å²) in [7, 11) is 1.57. The lowest BCUT2D eigenvalue weighted by Gasteiger charge is -2.12. The second kappa shape index (κ2) is 6.07. The Bertz CT molecular complexity index is 662. The van der Waals surface area contributed by atoms with E-state index >= 15 is 0 Å². The quantitative estimate of drug-likeness (QED) is 0.922. The smallest absolute Gasteiger partial charge is 0.146 e. The van der Waals surface area contributed by atoms with Gasteiger partial charge in [-0.3, -0.25) is 0 Å². The molecule has 1 N–H and O–H groups in total. The lowest BCUT2D eigenvalue weighted by molar-refractivity contribution is 0.410. The zero-order valence-electron chi connectivity index (χ0n) is 11.4. The van der Waals surface area contributed by atoms with E-state index in [9.17, 15) is 4.39 Å². The van der Waals surface area contributed by atoms with E-state index in [0.29, 0.717) is 23.5 Å². The molecule has 0 amide bonds. The van der Waals surface area contributed by atoms with Gasteiger partial charge in [-0.15, -0.1) is 0 Å². The van der Waals surface area contributed by atoms with Gasteiger partial charge in [0, 0.05) is 12.1 Å². The standard InChI is InChI=1S/C16H15FN2O/c1-11-3-5-15(14(17)7-11)19-10-13-8-12(9-18)4-6-16(13)20-2/h3-8,19H,10H2,1-2H3.